The first-order chi connectivity index (χ1) is 4.70. The molecule has 2 N–H and O–H groups in total. The highest BCUT2D eigenvalue weighted by Gasteiger charge is 2.00. The minimum atomic E-state index is -0.459. The van der Waals surface area contributed by atoms with Gasteiger partial charge in [-0.3, -0.25) is 10.1 Å². The lowest BCUT2D eigenvalue weighted by Crippen LogP contribution is -1.88. The summed E-state index contributed by atoms with van der Waals surface area (Å²) in [6.45, 7) is 0. The minimum absolute atomic E-state index is 0. The van der Waals surface area contributed by atoms with Crippen molar-refractivity contribution in [3.63, 3.8) is 0 Å². The van der Waals surface area contributed by atoms with E-state index in [2.05, 4.69) is 0 Å². The predicted molar refractivity (Wildman–Crippen MR) is 44.2 cm³/mol. The molecule has 0 bridgehead atoms. The van der Waals surface area contributed by atoms with E-state index >= 15 is 0 Å². The average Bonchev–Trinajstić information content (AvgIpc) is 1.88. The quantitative estimate of drug-likeness (QED) is 0.381. The molecule has 11 heavy (non-hydrogen) atoms. The number of nitrogens with zero attached hydrogens (tertiary/aromatic N) is 1. The van der Waals surface area contributed by atoms with Crippen LogP contribution >= 0.6 is 0 Å². The standard InChI is InChI=1S/C6H6N2O2.CH4/c7-5-1-3-6(4-2-5)8(9)10;/h1-4H,7H2;1H4. The molecule has 0 aliphatic heterocycles. The molecule has 0 atom stereocenters. The monoisotopic (exact) mass is 154 g/mol. The first-order valence-electron chi connectivity index (χ1n) is 2.70. The van der Waals surface area contributed by atoms with E-state index in [1.807, 2.05) is 0 Å². The van der Waals surface area contributed by atoms with Crippen LogP contribution in [0.4, 0.5) is 11.4 Å². The summed E-state index contributed by atoms with van der Waals surface area (Å²) in [4.78, 5) is 9.62. The molecule has 0 heterocycles. The number of rotatable bonds is 1. The van der Waals surface area contributed by atoms with Gasteiger partial charge in [0.25, 0.3) is 5.69 Å². The summed E-state index contributed by atoms with van der Waals surface area (Å²) < 4.78 is 0. The molecule has 1 rings (SSSR count). The van der Waals surface area contributed by atoms with Crippen molar-refractivity contribution < 1.29 is 4.92 Å². The van der Waals surface area contributed by atoms with Crippen molar-refractivity contribution in [1.82, 2.24) is 0 Å². The largest absolute Gasteiger partial charge is 0.399 e. The van der Waals surface area contributed by atoms with Crippen molar-refractivity contribution in [2.24, 2.45) is 0 Å². The van der Waals surface area contributed by atoms with Gasteiger partial charge in [0.05, 0.1) is 4.92 Å². The molecule has 0 saturated carbocycles. The molecule has 0 unspecified atom stereocenters. The van der Waals surface area contributed by atoms with Crippen molar-refractivity contribution in [1.29, 1.82) is 0 Å². The van der Waals surface area contributed by atoms with E-state index in [1.165, 1.54) is 24.3 Å². The van der Waals surface area contributed by atoms with Gasteiger partial charge in [0, 0.05) is 17.8 Å². The zero-order chi connectivity index (χ0) is 7.56. The van der Waals surface area contributed by atoms with E-state index < -0.39 is 4.92 Å². The van der Waals surface area contributed by atoms with Crippen LogP contribution in [-0.2, 0) is 0 Å². The smallest absolute Gasteiger partial charge is 0.269 e. The second-order valence-electron chi connectivity index (χ2n) is 1.85. The maximum absolute atomic E-state index is 10.1. The molecule has 0 spiro atoms. The van der Waals surface area contributed by atoms with Gasteiger partial charge in [0.2, 0.25) is 0 Å². The number of nitro benzene ring substituents is 1. The van der Waals surface area contributed by atoms with Crippen LogP contribution < -0.4 is 5.73 Å². The van der Waals surface area contributed by atoms with Gasteiger partial charge in [-0.1, -0.05) is 7.43 Å². The van der Waals surface area contributed by atoms with E-state index in [0.29, 0.717) is 5.69 Å². The molecule has 0 amide bonds. The molecule has 60 valence electrons. The molecular weight excluding hydrogens is 144 g/mol. The highest BCUT2D eigenvalue weighted by atomic mass is 16.6. The summed E-state index contributed by atoms with van der Waals surface area (Å²) in [7, 11) is 0. The van der Waals surface area contributed by atoms with Crippen molar-refractivity contribution in [2.45, 2.75) is 7.43 Å². The Labute approximate surface area is 64.8 Å². The van der Waals surface area contributed by atoms with Crippen LogP contribution in [-0.4, -0.2) is 4.92 Å². The Morgan fingerprint density at radius 2 is 1.73 bits per heavy atom. The van der Waals surface area contributed by atoms with Crippen LogP contribution in [0.5, 0.6) is 0 Å². The van der Waals surface area contributed by atoms with E-state index in [0.717, 1.165) is 0 Å². The lowest BCUT2D eigenvalue weighted by Gasteiger charge is -1.90. The summed E-state index contributed by atoms with van der Waals surface area (Å²) >= 11 is 0. The van der Waals surface area contributed by atoms with Crippen LogP contribution in [0.25, 0.3) is 0 Å². The number of benzene rings is 1. The molecule has 0 fully saturated rings. The number of nitrogen functional groups attached to an aromatic ring is 1. The molecule has 1 aromatic rings. The van der Waals surface area contributed by atoms with Crippen LogP contribution in [0.1, 0.15) is 7.43 Å². The van der Waals surface area contributed by atoms with Crippen molar-refractivity contribution >= 4 is 11.4 Å². The van der Waals surface area contributed by atoms with Gasteiger partial charge in [-0.05, 0) is 12.1 Å². The first kappa shape index (κ1) is 9.42. The second kappa shape index (κ2) is 3.55. The Kier molecular flexibility index (Phi) is 3.04. The summed E-state index contributed by atoms with van der Waals surface area (Å²) in [5, 5.41) is 10.1. The van der Waals surface area contributed by atoms with Gasteiger partial charge >= 0.3 is 0 Å². The Morgan fingerprint density at radius 3 is 2.09 bits per heavy atom. The van der Waals surface area contributed by atoms with Gasteiger partial charge in [-0.25, -0.2) is 0 Å². The topological polar surface area (TPSA) is 69.2 Å². The third kappa shape index (κ3) is 2.25. The minimum Gasteiger partial charge on any atom is -0.399 e. The van der Waals surface area contributed by atoms with Crippen LogP contribution in [0, 0.1) is 10.1 Å². The Hall–Kier alpha value is -1.58. The third-order valence-corrected chi connectivity index (χ3v) is 1.10. The summed E-state index contributed by atoms with van der Waals surface area (Å²) in [5.74, 6) is 0. The predicted octanol–water partition coefficient (Wildman–Crippen LogP) is 1.81. The lowest BCUT2D eigenvalue weighted by molar-refractivity contribution is -0.384. The average molecular weight is 154 g/mol. The van der Waals surface area contributed by atoms with Crippen LogP contribution in [0.15, 0.2) is 24.3 Å². The Balaban J connectivity index is 0.000001000. The fourth-order valence-electron chi connectivity index (χ4n) is 0.596. The van der Waals surface area contributed by atoms with E-state index in [4.69, 9.17) is 5.73 Å². The van der Waals surface area contributed by atoms with Crippen molar-refractivity contribution in [2.75, 3.05) is 5.73 Å². The fraction of sp³-hybridized carbons (Fsp3) is 0.143. The van der Waals surface area contributed by atoms with Crippen molar-refractivity contribution in [3.05, 3.63) is 34.4 Å². The summed E-state index contributed by atoms with van der Waals surface area (Å²) in [5.41, 5.74) is 5.90. The Morgan fingerprint density at radius 1 is 1.27 bits per heavy atom. The molecule has 0 saturated heterocycles. The van der Waals surface area contributed by atoms with Gasteiger partial charge in [-0.2, -0.15) is 0 Å². The SMILES string of the molecule is C.Nc1ccc([N+](=O)[O-])cc1. The Bertz CT molecular complexity index is 243. The van der Waals surface area contributed by atoms with Crippen LogP contribution in [0.2, 0.25) is 0 Å². The lowest BCUT2D eigenvalue weighted by atomic mass is 10.3. The second-order valence-corrected chi connectivity index (χ2v) is 1.85. The number of anilines is 1. The third-order valence-electron chi connectivity index (χ3n) is 1.10. The molecule has 0 aliphatic rings. The number of non-ortho nitro benzene ring substituents is 1. The highest BCUT2D eigenvalue weighted by Crippen LogP contribution is 2.11. The number of hydrogen-bond donors (Lipinski definition) is 1. The first-order valence-corrected chi connectivity index (χ1v) is 2.70. The molecule has 0 aliphatic carbocycles. The normalized spacial score (nSPS) is 8.36. The number of nitro groups is 1. The fourth-order valence-corrected chi connectivity index (χ4v) is 0.596. The summed E-state index contributed by atoms with van der Waals surface area (Å²) in [6.07, 6.45) is 0. The molecule has 4 heteroatoms. The molecule has 0 radical (unpaired) electrons. The van der Waals surface area contributed by atoms with Gasteiger partial charge in [0.1, 0.15) is 0 Å². The van der Waals surface area contributed by atoms with Gasteiger partial charge in [-0.15, -0.1) is 0 Å². The molecule has 0 aromatic heterocycles. The maximum Gasteiger partial charge on any atom is 0.269 e. The summed E-state index contributed by atoms with van der Waals surface area (Å²) in [6, 6.07) is 5.74. The number of hydrogen-bond acceptors (Lipinski definition) is 3. The molecule has 4 nitrogen and oxygen atoms in total. The number of nitrogens with two attached hydrogens (primary N) is 1. The van der Waals surface area contributed by atoms with Crippen molar-refractivity contribution in [3.8, 4) is 0 Å². The molecule has 1 aromatic carbocycles. The van der Waals surface area contributed by atoms with Gasteiger partial charge in [0.15, 0.2) is 0 Å². The van der Waals surface area contributed by atoms with E-state index in [1.54, 1.807) is 0 Å². The van der Waals surface area contributed by atoms with E-state index in [9.17, 15) is 10.1 Å². The zero-order valence-electron chi connectivity index (χ0n) is 5.15. The zero-order valence-corrected chi connectivity index (χ0v) is 5.15. The maximum atomic E-state index is 10.1. The van der Waals surface area contributed by atoms with Crippen LogP contribution in [0.3, 0.4) is 0 Å². The van der Waals surface area contributed by atoms with Gasteiger partial charge < -0.3 is 5.73 Å². The van der Waals surface area contributed by atoms with E-state index in [-0.39, 0.29) is 13.1 Å². The highest BCUT2D eigenvalue weighted by molar-refractivity contribution is 5.44. The molecular formula is C7H10N2O2.